The molecule has 1 heterocycles. The molecule has 7 nitrogen and oxygen atoms in total. The van der Waals surface area contributed by atoms with Gasteiger partial charge < -0.3 is 19.8 Å². The maximum atomic E-state index is 12.2. The van der Waals surface area contributed by atoms with E-state index in [1.54, 1.807) is 13.8 Å². The van der Waals surface area contributed by atoms with Crippen molar-refractivity contribution in [1.82, 2.24) is 10.3 Å². The van der Waals surface area contributed by atoms with Gasteiger partial charge in [-0.15, -0.1) is 0 Å². The van der Waals surface area contributed by atoms with Gasteiger partial charge in [0.15, 0.2) is 0 Å². The highest BCUT2D eigenvalue weighted by atomic mass is 16.6. The van der Waals surface area contributed by atoms with E-state index < -0.39 is 23.9 Å². The topological polar surface area (TPSA) is 97.5 Å². The number of aromatic nitrogens is 1. The molecule has 0 fully saturated rings. The molecule has 27 heavy (non-hydrogen) atoms. The molecule has 2 aromatic rings. The second-order valence-corrected chi connectivity index (χ2v) is 5.77. The molecule has 0 saturated carbocycles. The molecule has 0 radical (unpaired) electrons. The molecule has 0 atom stereocenters. The number of amides is 1. The van der Waals surface area contributed by atoms with E-state index in [-0.39, 0.29) is 19.6 Å². The van der Waals surface area contributed by atoms with Crippen LogP contribution < -0.4 is 5.32 Å². The quantitative estimate of drug-likeness (QED) is 0.520. The Morgan fingerprint density at radius 2 is 1.59 bits per heavy atom. The van der Waals surface area contributed by atoms with Crippen LogP contribution in [0.4, 0.5) is 0 Å². The fourth-order valence-corrected chi connectivity index (χ4v) is 2.52. The van der Waals surface area contributed by atoms with Crippen LogP contribution in [0.5, 0.6) is 0 Å². The third-order valence-electron chi connectivity index (χ3n) is 3.80. The fraction of sp³-hybridized carbons (Fsp3) is 0.350. The Morgan fingerprint density at radius 3 is 2.19 bits per heavy atom. The van der Waals surface area contributed by atoms with E-state index in [9.17, 15) is 14.4 Å². The minimum absolute atomic E-state index is 0.106. The molecule has 0 unspecified atom stereocenters. The molecule has 1 aromatic carbocycles. The number of hydrogen-bond donors (Lipinski definition) is 2. The van der Waals surface area contributed by atoms with E-state index in [0.717, 1.165) is 17.0 Å². The number of benzene rings is 1. The van der Waals surface area contributed by atoms with E-state index in [1.807, 2.05) is 42.5 Å². The maximum absolute atomic E-state index is 12.2. The van der Waals surface area contributed by atoms with E-state index in [0.29, 0.717) is 6.42 Å². The lowest BCUT2D eigenvalue weighted by Gasteiger charge is -2.15. The van der Waals surface area contributed by atoms with Crippen LogP contribution in [0, 0.1) is 0 Å². The lowest BCUT2D eigenvalue weighted by atomic mass is 10.2. The second-order valence-electron chi connectivity index (χ2n) is 5.77. The maximum Gasteiger partial charge on any atom is 0.340 e. The van der Waals surface area contributed by atoms with Gasteiger partial charge in [0.2, 0.25) is 11.9 Å². The van der Waals surface area contributed by atoms with Crippen LogP contribution in [-0.2, 0) is 30.3 Å². The Hall–Kier alpha value is -3.09. The summed E-state index contributed by atoms with van der Waals surface area (Å²) in [5.41, 5.74) is 2.90. The van der Waals surface area contributed by atoms with E-state index in [2.05, 4.69) is 10.3 Å². The average Bonchev–Trinajstić information content (AvgIpc) is 3.14. The van der Waals surface area contributed by atoms with Crippen molar-refractivity contribution in [3.63, 3.8) is 0 Å². The zero-order valence-corrected chi connectivity index (χ0v) is 15.5. The molecule has 144 valence electrons. The zero-order chi connectivity index (χ0) is 19.6. The van der Waals surface area contributed by atoms with Gasteiger partial charge in [0.1, 0.15) is 0 Å². The summed E-state index contributed by atoms with van der Waals surface area (Å²) < 4.78 is 9.65. The second kappa shape index (κ2) is 10.2. The first kappa shape index (κ1) is 20.2. The zero-order valence-electron chi connectivity index (χ0n) is 15.5. The van der Waals surface area contributed by atoms with Crippen molar-refractivity contribution >= 4 is 17.8 Å². The lowest BCUT2D eigenvalue weighted by Crippen LogP contribution is -2.48. The third-order valence-corrected chi connectivity index (χ3v) is 3.80. The molecule has 0 aliphatic rings. The van der Waals surface area contributed by atoms with Gasteiger partial charge in [0.25, 0.3) is 0 Å². The number of carbonyl (C=O) groups is 3. The molecule has 2 rings (SSSR count). The van der Waals surface area contributed by atoms with Gasteiger partial charge in [-0.1, -0.05) is 30.3 Å². The fourth-order valence-electron chi connectivity index (χ4n) is 2.52. The summed E-state index contributed by atoms with van der Waals surface area (Å²) >= 11 is 0. The molecule has 1 aromatic heterocycles. The van der Waals surface area contributed by atoms with Crippen LogP contribution in [0.1, 0.15) is 26.0 Å². The number of aryl methyl sites for hydroxylation is 1. The predicted molar refractivity (Wildman–Crippen MR) is 99.7 cm³/mol. The summed E-state index contributed by atoms with van der Waals surface area (Å²) in [6, 6.07) is 12.2. The Labute approximate surface area is 158 Å². The molecular formula is C20H24N2O5. The van der Waals surface area contributed by atoms with Gasteiger partial charge in [0.05, 0.1) is 13.2 Å². The normalized spacial score (nSPS) is 10.5. The number of esters is 2. The number of rotatable bonds is 9. The van der Waals surface area contributed by atoms with Crippen LogP contribution in [-0.4, -0.2) is 42.1 Å². The standard InChI is InChI=1S/C20H24N2O5/c1-3-26-19(24)18(20(25)27-4-2)22-17(23)13-11-15-10-12-16(21-15)14-8-6-5-7-9-14/h5-10,12,18,21H,3-4,11,13H2,1-2H3,(H,22,23). The minimum Gasteiger partial charge on any atom is -0.464 e. The first-order valence-corrected chi connectivity index (χ1v) is 8.91. The molecule has 0 spiro atoms. The van der Waals surface area contributed by atoms with Crippen molar-refractivity contribution in [2.45, 2.75) is 32.7 Å². The summed E-state index contributed by atoms with van der Waals surface area (Å²) in [5.74, 6) is -2.08. The van der Waals surface area contributed by atoms with Gasteiger partial charge in [0, 0.05) is 17.8 Å². The van der Waals surface area contributed by atoms with Gasteiger partial charge >= 0.3 is 11.9 Å². The van der Waals surface area contributed by atoms with Crippen LogP contribution in [0.15, 0.2) is 42.5 Å². The highest BCUT2D eigenvalue weighted by molar-refractivity contribution is 6.02. The number of hydrogen-bond acceptors (Lipinski definition) is 5. The first-order valence-electron chi connectivity index (χ1n) is 8.91. The predicted octanol–water partition coefficient (Wildman–Crippen LogP) is 2.23. The van der Waals surface area contributed by atoms with E-state index in [4.69, 9.17) is 9.47 Å². The van der Waals surface area contributed by atoms with Crippen LogP contribution in [0.2, 0.25) is 0 Å². The molecule has 1 amide bonds. The average molecular weight is 372 g/mol. The highest BCUT2D eigenvalue weighted by Gasteiger charge is 2.31. The Morgan fingerprint density at radius 1 is 0.963 bits per heavy atom. The number of H-pyrrole nitrogens is 1. The van der Waals surface area contributed by atoms with Crippen LogP contribution in [0.3, 0.4) is 0 Å². The van der Waals surface area contributed by atoms with Gasteiger partial charge in [-0.05, 0) is 38.0 Å². The molecule has 0 bridgehead atoms. The van der Waals surface area contributed by atoms with Crippen molar-refractivity contribution < 1.29 is 23.9 Å². The third kappa shape index (κ3) is 5.99. The molecule has 0 aliphatic heterocycles. The highest BCUT2D eigenvalue weighted by Crippen LogP contribution is 2.18. The summed E-state index contributed by atoms with van der Waals surface area (Å²) in [4.78, 5) is 39.2. The lowest BCUT2D eigenvalue weighted by molar-refractivity contribution is -0.159. The molecule has 2 N–H and O–H groups in total. The molecule has 0 saturated heterocycles. The smallest absolute Gasteiger partial charge is 0.340 e. The summed E-state index contributed by atoms with van der Waals surface area (Å²) in [6.45, 7) is 3.46. The van der Waals surface area contributed by atoms with E-state index in [1.165, 1.54) is 0 Å². The number of nitrogens with one attached hydrogen (secondary N) is 2. The minimum atomic E-state index is -1.44. The molecular weight excluding hydrogens is 348 g/mol. The van der Waals surface area contributed by atoms with Crippen LogP contribution in [0.25, 0.3) is 11.3 Å². The van der Waals surface area contributed by atoms with Gasteiger partial charge in [-0.25, -0.2) is 9.59 Å². The SMILES string of the molecule is CCOC(=O)C(NC(=O)CCc1ccc(-c2ccccc2)[nH]1)C(=O)OCC. The van der Waals surface area contributed by atoms with Crippen molar-refractivity contribution in [1.29, 1.82) is 0 Å². The summed E-state index contributed by atoms with van der Waals surface area (Å²) in [5, 5.41) is 2.39. The Bertz CT molecular complexity index is 752. The number of carbonyl (C=O) groups excluding carboxylic acids is 3. The largest absolute Gasteiger partial charge is 0.464 e. The summed E-state index contributed by atoms with van der Waals surface area (Å²) in [7, 11) is 0. The summed E-state index contributed by atoms with van der Waals surface area (Å²) in [6.07, 6.45) is 0.557. The molecule has 7 heteroatoms. The van der Waals surface area contributed by atoms with Gasteiger partial charge in [-0.2, -0.15) is 0 Å². The first-order chi connectivity index (χ1) is 13.0. The van der Waals surface area contributed by atoms with Crippen molar-refractivity contribution in [3.8, 4) is 11.3 Å². The number of ether oxygens (including phenoxy) is 2. The monoisotopic (exact) mass is 372 g/mol. The van der Waals surface area contributed by atoms with Gasteiger partial charge in [-0.3, -0.25) is 4.79 Å². The Balaban J connectivity index is 1.93. The van der Waals surface area contributed by atoms with Crippen molar-refractivity contribution in [2.24, 2.45) is 0 Å². The van der Waals surface area contributed by atoms with Crippen molar-refractivity contribution in [3.05, 3.63) is 48.2 Å². The number of aromatic amines is 1. The Kier molecular flexibility index (Phi) is 7.61. The van der Waals surface area contributed by atoms with Crippen molar-refractivity contribution in [2.75, 3.05) is 13.2 Å². The van der Waals surface area contributed by atoms with E-state index >= 15 is 0 Å². The van der Waals surface area contributed by atoms with Crippen LogP contribution >= 0.6 is 0 Å². The molecule has 0 aliphatic carbocycles.